The Morgan fingerprint density at radius 2 is 1.77 bits per heavy atom. The van der Waals surface area contributed by atoms with Crippen LogP contribution >= 0.6 is 11.6 Å². The number of hydrogen-bond donors (Lipinski definition) is 1. The lowest BCUT2D eigenvalue weighted by atomic mass is 10.2. The molecule has 1 fully saturated rings. The van der Waals surface area contributed by atoms with Gasteiger partial charge < -0.3 is 5.32 Å². The number of benzene rings is 2. The highest BCUT2D eigenvalue weighted by atomic mass is 35.5. The summed E-state index contributed by atoms with van der Waals surface area (Å²) in [5.41, 5.74) is -0.0669. The van der Waals surface area contributed by atoms with Crippen LogP contribution in [0.1, 0.15) is 0 Å². The largest absolute Gasteiger partial charge is 0.325 e. The molecule has 1 saturated heterocycles. The summed E-state index contributed by atoms with van der Waals surface area (Å²) >= 11 is 5.75. The minimum absolute atomic E-state index is 0.000853. The van der Waals surface area contributed by atoms with E-state index in [2.05, 4.69) is 5.32 Å². The number of anilines is 1. The number of sulfonamides is 1. The normalized spacial score (nSPS) is 15.7. The molecule has 0 spiro atoms. The predicted molar refractivity (Wildman–Crippen MR) is 108 cm³/mol. The van der Waals surface area contributed by atoms with E-state index in [0.717, 1.165) is 12.1 Å². The van der Waals surface area contributed by atoms with E-state index in [1.54, 1.807) is 4.90 Å². The second-order valence-corrected chi connectivity index (χ2v) is 8.95. The van der Waals surface area contributed by atoms with Gasteiger partial charge in [0.05, 0.1) is 16.4 Å². The van der Waals surface area contributed by atoms with Crippen LogP contribution in [0.3, 0.4) is 0 Å². The van der Waals surface area contributed by atoms with Crippen molar-refractivity contribution in [3.63, 3.8) is 0 Å². The molecule has 1 heterocycles. The van der Waals surface area contributed by atoms with E-state index in [9.17, 15) is 27.7 Å². The number of hydrogen-bond acceptors (Lipinski definition) is 6. The molecule has 30 heavy (non-hydrogen) atoms. The number of rotatable bonds is 6. The first-order valence-corrected chi connectivity index (χ1v) is 10.7. The maximum Gasteiger partial charge on any atom is 0.289 e. The molecule has 1 aliphatic rings. The molecule has 0 atom stereocenters. The van der Waals surface area contributed by atoms with Crippen molar-refractivity contribution in [3.05, 3.63) is 63.4 Å². The van der Waals surface area contributed by atoms with Crippen molar-refractivity contribution < 1.29 is 22.5 Å². The predicted octanol–water partition coefficient (Wildman–Crippen LogP) is 2.33. The summed E-state index contributed by atoms with van der Waals surface area (Å²) in [7, 11) is -3.73. The van der Waals surface area contributed by atoms with Gasteiger partial charge in [0.1, 0.15) is 10.8 Å². The van der Waals surface area contributed by atoms with E-state index in [1.165, 1.54) is 34.6 Å². The molecule has 0 radical (unpaired) electrons. The van der Waals surface area contributed by atoms with Crippen molar-refractivity contribution >= 4 is 38.9 Å². The van der Waals surface area contributed by atoms with Gasteiger partial charge in [-0.3, -0.25) is 19.8 Å². The summed E-state index contributed by atoms with van der Waals surface area (Å²) in [6, 6.07) is 8.58. The minimum Gasteiger partial charge on any atom is -0.325 e. The SMILES string of the molecule is O=C(CN1CCN(S(=O)(=O)c2ccc(F)cc2)CC1)Nc1ccc(Cl)c([N+](=O)[O-])c1. The summed E-state index contributed by atoms with van der Waals surface area (Å²) in [6.07, 6.45) is 0. The summed E-state index contributed by atoms with van der Waals surface area (Å²) in [6.45, 7) is 1.02. The van der Waals surface area contributed by atoms with Crippen molar-refractivity contribution in [1.82, 2.24) is 9.21 Å². The maximum atomic E-state index is 13.0. The number of nitrogens with zero attached hydrogens (tertiary/aromatic N) is 3. The van der Waals surface area contributed by atoms with Gasteiger partial charge in [0.25, 0.3) is 5.69 Å². The molecule has 3 rings (SSSR count). The minimum atomic E-state index is -3.73. The van der Waals surface area contributed by atoms with Gasteiger partial charge in [0, 0.05) is 37.9 Å². The lowest BCUT2D eigenvalue weighted by Gasteiger charge is -2.33. The Labute approximate surface area is 177 Å². The Morgan fingerprint density at radius 3 is 2.37 bits per heavy atom. The van der Waals surface area contributed by atoms with Crippen LogP contribution in [0.15, 0.2) is 47.4 Å². The Balaban J connectivity index is 1.55. The lowest BCUT2D eigenvalue weighted by molar-refractivity contribution is -0.384. The summed E-state index contributed by atoms with van der Waals surface area (Å²) in [5.74, 6) is -0.905. The van der Waals surface area contributed by atoms with E-state index >= 15 is 0 Å². The monoisotopic (exact) mass is 456 g/mol. The number of amides is 1. The fourth-order valence-electron chi connectivity index (χ4n) is 3.02. The number of halogens is 2. The van der Waals surface area contributed by atoms with Crippen LogP contribution in [0, 0.1) is 15.9 Å². The Morgan fingerprint density at radius 1 is 1.13 bits per heavy atom. The third-order valence-corrected chi connectivity index (χ3v) is 6.81. The van der Waals surface area contributed by atoms with Crippen LogP contribution in [0.5, 0.6) is 0 Å². The molecule has 0 bridgehead atoms. The highest BCUT2D eigenvalue weighted by Gasteiger charge is 2.29. The average molecular weight is 457 g/mol. The van der Waals surface area contributed by atoms with Gasteiger partial charge in [-0.25, -0.2) is 12.8 Å². The molecule has 1 aliphatic heterocycles. The molecule has 1 amide bonds. The average Bonchev–Trinajstić information content (AvgIpc) is 2.70. The molecule has 2 aromatic carbocycles. The third kappa shape index (κ3) is 5.11. The quantitative estimate of drug-likeness (QED) is 0.527. The molecular weight excluding hydrogens is 439 g/mol. The molecule has 12 heteroatoms. The van der Waals surface area contributed by atoms with Crippen LogP contribution in [0.25, 0.3) is 0 Å². The smallest absolute Gasteiger partial charge is 0.289 e. The fourth-order valence-corrected chi connectivity index (χ4v) is 4.63. The number of carbonyl (C=O) groups is 1. The number of carbonyl (C=O) groups excluding carboxylic acids is 1. The van der Waals surface area contributed by atoms with Crippen molar-refractivity contribution in [2.75, 3.05) is 38.0 Å². The number of nitrogens with one attached hydrogen (secondary N) is 1. The first kappa shape index (κ1) is 22.1. The van der Waals surface area contributed by atoms with E-state index in [1.807, 2.05) is 0 Å². The molecule has 0 unspecified atom stereocenters. The van der Waals surface area contributed by atoms with Crippen LogP contribution in [0.2, 0.25) is 5.02 Å². The van der Waals surface area contributed by atoms with Crippen LogP contribution in [-0.2, 0) is 14.8 Å². The molecule has 0 aliphatic carbocycles. The second kappa shape index (κ2) is 9.04. The Kier molecular flexibility index (Phi) is 6.66. The fraction of sp³-hybridized carbons (Fsp3) is 0.278. The van der Waals surface area contributed by atoms with Gasteiger partial charge in [-0.2, -0.15) is 4.31 Å². The van der Waals surface area contributed by atoms with Gasteiger partial charge in [0.2, 0.25) is 15.9 Å². The van der Waals surface area contributed by atoms with E-state index in [0.29, 0.717) is 13.1 Å². The first-order valence-electron chi connectivity index (χ1n) is 8.88. The number of nitro groups is 1. The molecule has 0 saturated carbocycles. The Bertz CT molecular complexity index is 1060. The van der Waals surface area contributed by atoms with Crippen molar-refractivity contribution in [3.8, 4) is 0 Å². The zero-order valence-corrected chi connectivity index (χ0v) is 17.2. The summed E-state index contributed by atoms with van der Waals surface area (Å²) in [4.78, 5) is 24.3. The maximum absolute atomic E-state index is 13.0. The van der Waals surface area contributed by atoms with Gasteiger partial charge in [-0.05, 0) is 36.4 Å². The topological polar surface area (TPSA) is 113 Å². The highest BCUT2D eigenvalue weighted by molar-refractivity contribution is 7.89. The Hall–Kier alpha value is -2.60. The molecule has 160 valence electrons. The first-order chi connectivity index (χ1) is 14.2. The molecule has 2 aromatic rings. The van der Waals surface area contributed by atoms with Crippen molar-refractivity contribution in [2.45, 2.75) is 4.90 Å². The standard InChI is InChI=1S/C18H18ClFN4O5S/c19-16-6-3-14(11-17(16)24(26)27)21-18(25)12-22-7-9-23(10-8-22)30(28,29)15-4-1-13(20)2-5-15/h1-6,11H,7-10,12H2,(H,21,25). The van der Waals surface area contributed by atoms with Crippen LogP contribution in [-0.4, -0.2) is 61.2 Å². The van der Waals surface area contributed by atoms with Crippen LogP contribution in [0.4, 0.5) is 15.8 Å². The molecule has 1 N–H and O–H groups in total. The second-order valence-electron chi connectivity index (χ2n) is 6.61. The van der Waals surface area contributed by atoms with E-state index in [4.69, 9.17) is 11.6 Å². The number of piperazine rings is 1. The highest BCUT2D eigenvalue weighted by Crippen LogP contribution is 2.27. The number of nitro benzene ring substituents is 1. The van der Waals surface area contributed by atoms with E-state index < -0.39 is 20.8 Å². The van der Waals surface area contributed by atoms with Gasteiger partial charge >= 0.3 is 0 Å². The third-order valence-electron chi connectivity index (χ3n) is 4.58. The summed E-state index contributed by atoms with van der Waals surface area (Å²) in [5, 5.41) is 13.5. The van der Waals surface area contributed by atoms with Gasteiger partial charge in [-0.1, -0.05) is 11.6 Å². The van der Waals surface area contributed by atoms with Gasteiger partial charge in [0.15, 0.2) is 0 Å². The van der Waals surface area contributed by atoms with E-state index in [-0.39, 0.29) is 46.8 Å². The van der Waals surface area contributed by atoms with Crippen molar-refractivity contribution in [1.29, 1.82) is 0 Å². The van der Waals surface area contributed by atoms with Gasteiger partial charge in [-0.15, -0.1) is 0 Å². The summed E-state index contributed by atoms with van der Waals surface area (Å²) < 4.78 is 39.6. The molecule has 9 nitrogen and oxygen atoms in total. The van der Waals surface area contributed by atoms with Crippen molar-refractivity contribution in [2.24, 2.45) is 0 Å². The van der Waals surface area contributed by atoms with Crippen LogP contribution < -0.4 is 5.32 Å². The lowest BCUT2D eigenvalue weighted by Crippen LogP contribution is -2.50. The zero-order chi connectivity index (χ0) is 21.9. The zero-order valence-electron chi connectivity index (χ0n) is 15.6. The molecular formula is C18H18ClFN4O5S. The molecule has 0 aromatic heterocycles.